The van der Waals surface area contributed by atoms with E-state index in [0.717, 1.165) is 6.20 Å². The maximum Gasteiger partial charge on any atom is 0.270 e. The Morgan fingerprint density at radius 1 is 1.56 bits per heavy atom. The van der Waals surface area contributed by atoms with E-state index in [2.05, 4.69) is 26.2 Å². The zero-order valence-electron chi connectivity index (χ0n) is 9.42. The van der Waals surface area contributed by atoms with E-state index in [-0.39, 0.29) is 16.4 Å². The van der Waals surface area contributed by atoms with Gasteiger partial charge in [-0.2, -0.15) is 0 Å². The lowest BCUT2D eigenvalue weighted by Crippen LogP contribution is -2.49. The molecule has 1 N–H and O–H groups in total. The van der Waals surface area contributed by atoms with Crippen LogP contribution < -0.4 is 5.32 Å². The topological polar surface area (TPSA) is 42.0 Å². The molecule has 0 aliphatic heterocycles. The van der Waals surface area contributed by atoms with Crippen molar-refractivity contribution < 1.29 is 9.18 Å². The van der Waals surface area contributed by atoms with Crippen molar-refractivity contribution in [2.45, 2.75) is 31.1 Å². The molecule has 0 bridgehead atoms. The summed E-state index contributed by atoms with van der Waals surface area (Å²) in [6, 6.07) is 2.58. The van der Waals surface area contributed by atoms with Gasteiger partial charge in [-0.15, -0.1) is 0 Å². The summed E-state index contributed by atoms with van der Waals surface area (Å²) in [6.07, 6.45) is 1.03. The quantitative estimate of drug-likeness (QED) is 0.869. The average Bonchev–Trinajstić information content (AvgIpc) is 2.17. The van der Waals surface area contributed by atoms with Gasteiger partial charge in [0.15, 0.2) is 0 Å². The predicted octanol–water partition coefficient (Wildman–Crippen LogP) is 2.51. The fourth-order valence-electron chi connectivity index (χ4n) is 0.966. The first-order valence-electron chi connectivity index (χ1n) is 4.91. The van der Waals surface area contributed by atoms with E-state index in [1.165, 1.54) is 12.1 Å². The summed E-state index contributed by atoms with van der Waals surface area (Å²) in [7, 11) is 0. The lowest BCUT2D eigenvalue weighted by molar-refractivity contribution is 0.0908. The van der Waals surface area contributed by atoms with Crippen LogP contribution in [-0.2, 0) is 0 Å². The lowest BCUT2D eigenvalue weighted by Gasteiger charge is -2.29. The fourth-order valence-corrected chi connectivity index (χ4v) is 1.08. The Morgan fingerprint density at radius 3 is 2.62 bits per heavy atom. The Hall–Kier alpha value is -0.970. The van der Waals surface area contributed by atoms with Gasteiger partial charge in [-0.3, -0.25) is 4.79 Å². The van der Waals surface area contributed by atoms with E-state index >= 15 is 0 Å². The van der Waals surface area contributed by atoms with Gasteiger partial charge in [0.1, 0.15) is 11.5 Å². The van der Waals surface area contributed by atoms with Crippen molar-refractivity contribution in [3.05, 3.63) is 29.8 Å². The zero-order chi connectivity index (χ0) is 12.3. The first-order valence-corrected chi connectivity index (χ1v) is 5.82. The van der Waals surface area contributed by atoms with E-state index in [0.29, 0.717) is 0 Å². The van der Waals surface area contributed by atoms with Crippen molar-refractivity contribution in [3.63, 3.8) is 0 Å². The van der Waals surface area contributed by atoms with E-state index in [9.17, 15) is 9.18 Å². The van der Waals surface area contributed by atoms with Crippen molar-refractivity contribution in [3.8, 4) is 0 Å². The Morgan fingerprint density at radius 2 is 2.19 bits per heavy atom. The molecule has 1 unspecified atom stereocenters. The summed E-state index contributed by atoms with van der Waals surface area (Å²) in [5.41, 5.74) is -0.185. The van der Waals surface area contributed by atoms with Crippen LogP contribution in [0.15, 0.2) is 18.3 Å². The zero-order valence-corrected chi connectivity index (χ0v) is 11.0. The summed E-state index contributed by atoms with van der Waals surface area (Å²) in [4.78, 5) is 15.6. The van der Waals surface area contributed by atoms with Crippen LogP contribution in [0, 0.1) is 5.82 Å². The van der Waals surface area contributed by atoms with E-state index in [4.69, 9.17) is 0 Å². The smallest absolute Gasteiger partial charge is 0.270 e. The molecule has 0 aromatic carbocycles. The highest BCUT2D eigenvalue weighted by Gasteiger charge is 2.26. The van der Waals surface area contributed by atoms with Crippen LogP contribution in [0.2, 0.25) is 0 Å². The number of amides is 1. The number of hydrogen-bond acceptors (Lipinski definition) is 2. The summed E-state index contributed by atoms with van der Waals surface area (Å²) in [5, 5.41) is 2.82. The van der Waals surface area contributed by atoms with Gasteiger partial charge in [0, 0.05) is 10.4 Å². The molecule has 0 radical (unpaired) electrons. The molecule has 1 atom stereocenters. The highest BCUT2D eigenvalue weighted by Crippen LogP contribution is 2.17. The average molecular weight is 289 g/mol. The third-order valence-corrected chi connectivity index (χ3v) is 3.53. The third kappa shape index (κ3) is 3.27. The number of aromatic nitrogens is 1. The Bertz CT molecular complexity index is 376. The molecule has 0 aliphatic rings. The summed E-state index contributed by atoms with van der Waals surface area (Å²) in [5.74, 6) is -0.763. The van der Waals surface area contributed by atoms with Crippen molar-refractivity contribution in [1.29, 1.82) is 0 Å². The molecule has 3 nitrogen and oxygen atoms in total. The van der Waals surface area contributed by atoms with Gasteiger partial charge in [-0.25, -0.2) is 9.37 Å². The second-order valence-corrected chi connectivity index (χ2v) is 5.53. The molecule has 1 aromatic heterocycles. The van der Waals surface area contributed by atoms with Gasteiger partial charge >= 0.3 is 0 Å². The maximum atomic E-state index is 12.6. The molecule has 5 heteroatoms. The van der Waals surface area contributed by atoms with E-state index in [1.54, 1.807) is 0 Å². The SMILES string of the molecule is CC(Br)C(C)(C)NC(=O)c1ccc(F)cn1. The number of carbonyl (C=O) groups excluding carboxylic acids is 1. The molecule has 88 valence electrons. The van der Waals surface area contributed by atoms with Gasteiger partial charge in [0.25, 0.3) is 5.91 Å². The second-order valence-electron chi connectivity index (χ2n) is 4.15. The number of alkyl halides is 1. The standard InChI is InChI=1S/C11H14BrFN2O/c1-7(12)11(2,3)15-10(16)9-5-4-8(13)6-14-9/h4-7H,1-3H3,(H,15,16). The molecule has 0 saturated carbocycles. The third-order valence-electron chi connectivity index (χ3n) is 2.39. The van der Waals surface area contributed by atoms with Crippen LogP contribution in [0.3, 0.4) is 0 Å². The number of nitrogens with zero attached hydrogens (tertiary/aromatic N) is 1. The Balaban J connectivity index is 2.77. The number of hydrogen-bond donors (Lipinski definition) is 1. The molecule has 0 saturated heterocycles. The summed E-state index contributed by atoms with van der Waals surface area (Å²) < 4.78 is 12.6. The minimum atomic E-state index is -0.454. The predicted molar refractivity (Wildman–Crippen MR) is 64.1 cm³/mol. The molecule has 0 spiro atoms. The van der Waals surface area contributed by atoms with Crippen LogP contribution in [0.25, 0.3) is 0 Å². The first-order chi connectivity index (χ1) is 7.33. The Kier molecular flexibility index (Phi) is 4.02. The van der Waals surface area contributed by atoms with E-state index in [1.807, 2.05) is 20.8 Å². The van der Waals surface area contributed by atoms with Crippen LogP contribution in [-0.4, -0.2) is 21.3 Å². The minimum Gasteiger partial charge on any atom is -0.345 e. The fraction of sp³-hybridized carbons (Fsp3) is 0.455. The van der Waals surface area contributed by atoms with Gasteiger partial charge in [-0.1, -0.05) is 22.9 Å². The number of halogens is 2. The molecule has 0 fully saturated rings. The van der Waals surface area contributed by atoms with Crippen LogP contribution in [0.4, 0.5) is 4.39 Å². The van der Waals surface area contributed by atoms with Crippen molar-refractivity contribution in [1.82, 2.24) is 10.3 Å². The number of nitrogens with one attached hydrogen (secondary N) is 1. The van der Waals surface area contributed by atoms with Crippen molar-refractivity contribution >= 4 is 21.8 Å². The highest BCUT2D eigenvalue weighted by molar-refractivity contribution is 9.09. The van der Waals surface area contributed by atoms with Gasteiger partial charge < -0.3 is 5.32 Å². The number of pyridine rings is 1. The van der Waals surface area contributed by atoms with Gasteiger partial charge in [-0.05, 0) is 26.0 Å². The normalized spacial score (nSPS) is 13.3. The summed E-state index contributed by atoms with van der Waals surface area (Å²) >= 11 is 3.41. The molecule has 16 heavy (non-hydrogen) atoms. The molecule has 0 aliphatic carbocycles. The Labute approximate surface area is 103 Å². The molecular formula is C11H14BrFN2O. The largest absolute Gasteiger partial charge is 0.345 e. The molecule has 1 heterocycles. The maximum absolute atomic E-state index is 12.6. The van der Waals surface area contributed by atoms with Crippen LogP contribution in [0.5, 0.6) is 0 Å². The number of carbonyl (C=O) groups is 1. The lowest BCUT2D eigenvalue weighted by atomic mass is 10.0. The van der Waals surface area contributed by atoms with Crippen LogP contribution in [0.1, 0.15) is 31.3 Å². The minimum absolute atomic E-state index is 0.115. The molecule has 1 aromatic rings. The van der Waals surface area contributed by atoms with Crippen LogP contribution >= 0.6 is 15.9 Å². The number of rotatable bonds is 3. The second kappa shape index (κ2) is 4.91. The first kappa shape index (κ1) is 13.1. The molecular weight excluding hydrogens is 275 g/mol. The van der Waals surface area contributed by atoms with E-state index < -0.39 is 11.4 Å². The molecule has 1 amide bonds. The summed E-state index contributed by atoms with van der Waals surface area (Å²) in [6.45, 7) is 5.74. The molecule has 1 rings (SSSR count). The highest BCUT2D eigenvalue weighted by atomic mass is 79.9. The van der Waals surface area contributed by atoms with Gasteiger partial charge in [0.2, 0.25) is 0 Å². The monoisotopic (exact) mass is 288 g/mol. The van der Waals surface area contributed by atoms with Gasteiger partial charge in [0.05, 0.1) is 6.20 Å². The van der Waals surface area contributed by atoms with Crippen molar-refractivity contribution in [2.24, 2.45) is 0 Å². The van der Waals surface area contributed by atoms with Crippen molar-refractivity contribution in [2.75, 3.05) is 0 Å².